The van der Waals surface area contributed by atoms with Gasteiger partial charge in [0.25, 0.3) is 5.91 Å². The van der Waals surface area contributed by atoms with Crippen LogP contribution in [-0.4, -0.2) is 28.8 Å². The summed E-state index contributed by atoms with van der Waals surface area (Å²) in [4.78, 5) is 11.7. The Kier molecular flexibility index (Phi) is 5.14. The number of rotatable bonds is 6. The minimum Gasteiger partial charge on any atom is -0.484 e. The molecule has 2 rings (SSSR count). The molecule has 2 aromatic rings. The average molecular weight is 305 g/mol. The summed E-state index contributed by atoms with van der Waals surface area (Å²) < 4.78 is 20.1. The first-order valence-corrected chi connectivity index (χ1v) is 7.13. The molecule has 22 heavy (non-hydrogen) atoms. The maximum absolute atomic E-state index is 13.0. The maximum Gasteiger partial charge on any atom is 0.258 e. The fraction of sp³-hybridized carbons (Fsp3) is 0.375. The van der Waals surface area contributed by atoms with Gasteiger partial charge in [-0.1, -0.05) is 6.07 Å². The number of halogens is 1. The SMILES string of the molecule is Cc1nn(CCNC(=O)COc2cccc(F)c2)c(C)c1C. The van der Waals surface area contributed by atoms with E-state index in [1.807, 2.05) is 25.5 Å². The number of aryl methyl sites for hydroxylation is 1. The van der Waals surface area contributed by atoms with Crippen LogP contribution in [0.25, 0.3) is 0 Å². The van der Waals surface area contributed by atoms with Gasteiger partial charge < -0.3 is 10.1 Å². The Hall–Kier alpha value is -2.37. The zero-order valence-corrected chi connectivity index (χ0v) is 13.0. The summed E-state index contributed by atoms with van der Waals surface area (Å²) in [5.74, 6) is -0.301. The van der Waals surface area contributed by atoms with Gasteiger partial charge in [-0.3, -0.25) is 9.48 Å². The largest absolute Gasteiger partial charge is 0.484 e. The van der Waals surface area contributed by atoms with Gasteiger partial charge in [0.1, 0.15) is 11.6 Å². The van der Waals surface area contributed by atoms with E-state index in [1.54, 1.807) is 6.07 Å². The molecule has 0 radical (unpaired) electrons. The van der Waals surface area contributed by atoms with Crippen LogP contribution in [0.15, 0.2) is 24.3 Å². The van der Waals surface area contributed by atoms with Crippen LogP contribution in [0.1, 0.15) is 17.0 Å². The smallest absolute Gasteiger partial charge is 0.258 e. The molecule has 0 spiro atoms. The second kappa shape index (κ2) is 7.06. The highest BCUT2D eigenvalue weighted by Crippen LogP contribution is 2.12. The summed E-state index contributed by atoms with van der Waals surface area (Å²) in [7, 11) is 0. The molecule has 0 atom stereocenters. The van der Waals surface area contributed by atoms with Gasteiger partial charge in [0.15, 0.2) is 6.61 Å². The molecule has 1 amide bonds. The predicted octanol–water partition coefficient (Wildman–Crippen LogP) is 2.14. The molecule has 0 fully saturated rings. The van der Waals surface area contributed by atoms with Gasteiger partial charge in [-0.25, -0.2) is 4.39 Å². The topological polar surface area (TPSA) is 56.2 Å². The monoisotopic (exact) mass is 305 g/mol. The van der Waals surface area contributed by atoms with Gasteiger partial charge in [-0.15, -0.1) is 0 Å². The quantitative estimate of drug-likeness (QED) is 0.889. The number of hydrogen-bond acceptors (Lipinski definition) is 3. The zero-order valence-electron chi connectivity index (χ0n) is 13.0. The van der Waals surface area contributed by atoms with Crippen molar-refractivity contribution in [3.8, 4) is 5.75 Å². The van der Waals surface area contributed by atoms with E-state index in [-0.39, 0.29) is 12.5 Å². The lowest BCUT2D eigenvalue weighted by Crippen LogP contribution is -2.32. The molecule has 0 aliphatic carbocycles. The maximum atomic E-state index is 13.0. The van der Waals surface area contributed by atoms with Crippen molar-refractivity contribution < 1.29 is 13.9 Å². The fourth-order valence-corrected chi connectivity index (χ4v) is 2.06. The predicted molar refractivity (Wildman–Crippen MR) is 81.3 cm³/mol. The Bertz CT molecular complexity index is 667. The molecule has 1 heterocycles. The normalized spacial score (nSPS) is 10.5. The third-order valence-electron chi connectivity index (χ3n) is 3.56. The average Bonchev–Trinajstić information content (AvgIpc) is 2.73. The van der Waals surface area contributed by atoms with Crippen molar-refractivity contribution in [2.24, 2.45) is 0 Å². The van der Waals surface area contributed by atoms with Crippen molar-refractivity contribution in [2.75, 3.05) is 13.2 Å². The highest BCUT2D eigenvalue weighted by atomic mass is 19.1. The number of ether oxygens (including phenoxy) is 1. The molecule has 0 saturated carbocycles. The van der Waals surface area contributed by atoms with Gasteiger partial charge in [0.2, 0.25) is 0 Å². The van der Waals surface area contributed by atoms with Crippen LogP contribution in [0.5, 0.6) is 5.75 Å². The van der Waals surface area contributed by atoms with Crippen LogP contribution in [0.3, 0.4) is 0 Å². The molecule has 0 saturated heterocycles. The Labute approximate surface area is 129 Å². The van der Waals surface area contributed by atoms with E-state index >= 15 is 0 Å². The first kappa shape index (κ1) is 16.0. The molecule has 1 N–H and O–H groups in total. The second-order valence-corrected chi connectivity index (χ2v) is 5.11. The van der Waals surface area contributed by atoms with Gasteiger partial charge >= 0.3 is 0 Å². The van der Waals surface area contributed by atoms with Crippen LogP contribution in [-0.2, 0) is 11.3 Å². The summed E-state index contributed by atoms with van der Waals surface area (Å²) in [5, 5.41) is 7.16. The highest BCUT2D eigenvalue weighted by molar-refractivity contribution is 5.77. The molecule has 6 heteroatoms. The number of nitrogens with zero attached hydrogens (tertiary/aromatic N) is 2. The number of carbonyl (C=O) groups excluding carboxylic acids is 1. The second-order valence-electron chi connectivity index (χ2n) is 5.11. The van der Waals surface area contributed by atoms with Gasteiger partial charge in [-0.05, 0) is 38.5 Å². The molecule has 1 aromatic carbocycles. The number of hydrogen-bond donors (Lipinski definition) is 1. The van der Waals surface area contributed by atoms with E-state index < -0.39 is 5.82 Å². The first-order chi connectivity index (χ1) is 10.5. The molecular formula is C16H20FN3O2. The Morgan fingerprint density at radius 2 is 2.14 bits per heavy atom. The summed E-state index contributed by atoms with van der Waals surface area (Å²) in [6.07, 6.45) is 0. The zero-order chi connectivity index (χ0) is 16.1. The number of amides is 1. The third kappa shape index (κ3) is 4.07. The molecular weight excluding hydrogens is 285 g/mol. The third-order valence-corrected chi connectivity index (χ3v) is 3.56. The van der Waals surface area contributed by atoms with E-state index in [2.05, 4.69) is 10.4 Å². The van der Waals surface area contributed by atoms with Crippen molar-refractivity contribution >= 4 is 5.91 Å². The summed E-state index contributed by atoms with van der Waals surface area (Å²) in [6.45, 7) is 6.92. The van der Waals surface area contributed by atoms with E-state index in [4.69, 9.17) is 4.74 Å². The minimum absolute atomic E-state index is 0.139. The molecule has 0 unspecified atom stereocenters. The van der Waals surface area contributed by atoms with Crippen molar-refractivity contribution in [3.05, 3.63) is 47.0 Å². The standard InChI is InChI=1S/C16H20FN3O2/c1-11-12(2)19-20(13(11)3)8-7-18-16(21)10-22-15-6-4-5-14(17)9-15/h4-6,9H,7-8,10H2,1-3H3,(H,18,21). The van der Waals surface area contributed by atoms with Crippen LogP contribution in [0.4, 0.5) is 4.39 Å². The van der Waals surface area contributed by atoms with E-state index in [1.165, 1.54) is 23.8 Å². The van der Waals surface area contributed by atoms with Crippen molar-refractivity contribution in [3.63, 3.8) is 0 Å². The van der Waals surface area contributed by atoms with Crippen LogP contribution >= 0.6 is 0 Å². The molecule has 5 nitrogen and oxygen atoms in total. The molecule has 0 aliphatic heterocycles. The van der Waals surface area contributed by atoms with Crippen molar-refractivity contribution in [2.45, 2.75) is 27.3 Å². The lowest BCUT2D eigenvalue weighted by atomic mass is 10.2. The van der Waals surface area contributed by atoms with Gasteiger partial charge in [0, 0.05) is 18.3 Å². The molecule has 1 aromatic heterocycles. The molecule has 0 bridgehead atoms. The van der Waals surface area contributed by atoms with E-state index in [9.17, 15) is 9.18 Å². The summed E-state index contributed by atoms with van der Waals surface area (Å²) in [6, 6.07) is 5.71. The van der Waals surface area contributed by atoms with Gasteiger partial charge in [-0.2, -0.15) is 5.10 Å². The number of aromatic nitrogens is 2. The van der Waals surface area contributed by atoms with Gasteiger partial charge in [0.05, 0.1) is 12.2 Å². The number of carbonyl (C=O) groups is 1. The number of nitrogens with one attached hydrogen (secondary N) is 1. The Morgan fingerprint density at radius 1 is 1.36 bits per heavy atom. The molecule has 0 aliphatic rings. The summed E-state index contributed by atoms with van der Waals surface area (Å²) >= 11 is 0. The van der Waals surface area contributed by atoms with Crippen LogP contribution in [0.2, 0.25) is 0 Å². The van der Waals surface area contributed by atoms with Crippen molar-refractivity contribution in [1.82, 2.24) is 15.1 Å². The lowest BCUT2D eigenvalue weighted by Gasteiger charge is -2.08. The number of benzene rings is 1. The van der Waals surface area contributed by atoms with E-state index in [0.29, 0.717) is 18.8 Å². The lowest BCUT2D eigenvalue weighted by molar-refractivity contribution is -0.123. The summed E-state index contributed by atoms with van der Waals surface area (Å²) in [5.41, 5.74) is 3.27. The minimum atomic E-state index is -0.391. The fourth-order valence-electron chi connectivity index (χ4n) is 2.06. The highest BCUT2D eigenvalue weighted by Gasteiger charge is 2.08. The van der Waals surface area contributed by atoms with Crippen molar-refractivity contribution in [1.29, 1.82) is 0 Å². The van der Waals surface area contributed by atoms with E-state index in [0.717, 1.165) is 11.4 Å². The Balaban J connectivity index is 1.75. The van der Waals surface area contributed by atoms with Crippen LogP contribution < -0.4 is 10.1 Å². The van der Waals surface area contributed by atoms with Crippen LogP contribution in [0, 0.1) is 26.6 Å². The molecule has 118 valence electrons. The Morgan fingerprint density at radius 3 is 2.77 bits per heavy atom. The first-order valence-electron chi connectivity index (χ1n) is 7.13.